The molecule has 4 aliphatic carbocycles. The topological polar surface area (TPSA) is 52.9 Å². The molecular weight excluding hydrogens is 340 g/mol. The van der Waals surface area contributed by atoms with Gasteiger partial charge in [0.15, 0.2) is 0 Å². The van der Waals surface area contributed by atoms with E-state index in [9.17, 15) is 4.79 Å². The van der Waals surface area contributed by atoms with Gasteiger partial charge in [-0.15, -0.1) is 0 Å². The van der Waals surface area contributed by atoms with Crippen molar-refractivity contribution >= 4 is 27.5 Å². The molecule has 0 saturated heterocycles. The predicted molar refractivity (Wildman–Crippen MR) is 88.6 cm³/mol. The molecule has 0 spiro atoms. The Bertz CT molecular complexity index is 664. The lowest BCUT2D eigenvalue weighted by Crippen LogP contribution is -2.57. The first-order valence-electron chi connectivity index (χ1n) is 8.01. The van der Waals surface area contributed by atoms with Crippen LogP contribution < -0.4 is 5.32 Å². The molecular formula is C18H19BrN2O. The number of hydrogen-bond acceptors (Lipinski definition) is 2. The van der Waals surface area contributed by atoms with Gasteiger partial charge < -0.3 is 5.32 Å². The fraction of sp³-hybridized carbons (Fsp3) is 0.556. The van der Waals surface area contributed by atoms with E-state index in [0.717, 1.165) is 24.9 Å². The first-order chi connectivity index (χ1) is 10.5. The van der Waals surface area contributed by atoms with Gasteiger partial charge in [-0.05, 0) is 68.6 Å². The summed E-state index contributed by atoms with van der Waals surface area (Å²) in [5.74, 6) is 1.54. The van der Waals surface area contributed by atoms with Crippen LogP contribution in [0.2, 0.25) is 0 Å². The standard InChI is InChI=1S/C18H19BrN2O/c19-18-8-13-4-14(9-18)7-17(6-13,11-18)16(22)21-15-3-1-2-12(5-15)10-20/h1-3,5,13-14H,4,6-9,11H2,(H,21,22)/t13-,14+,17?,18?. The van der Waals surface area contributed by atoms with Crippen molar-refractivity contribution in [2.75, 3.05) is 5.32 Å². The molecule has 4 fully saturated rings. The Hall–Kier alpha value is -1.34. The monoisotopic (exact) mass is 358 g/mol. The summed E-state index contributed by atoms with van der Waals surface area (Å²) in [5.41, 5.74) is 1.11. The van der Waals surface area contributed by atoms with Gasteiger partial charge in [-0.2, -0.15) is 5.26 Å². The van der Waals surface area contributed by atoms with E-state index in [4.69, 9.17) is 5.26 Å². The van der Waals surface area contributed by atoms with Crippen molar-refractivity contribution in [3.05, 3.63) is 29.8 Å². The minimum absolute atomic E-state index is 0.153. The molecule has 4 atom stereocenters. The molecule has 1 aromatic rings. The van der Waals surface area contributed by atoms with Crippen LogP contribution in [0.4, 0.5) is 5.69 Å². The second-order valence-corrected chi connectivity index (χ2v) is 9.22. The number of alkyl halides is 1. The van der Waals surface area contributed by atoms with Gasteiger partial charge in [0.2, 0.25) is 5.91 Å². The van der Waals surface area contributed by atoms with Crippen molar-refractivity contribution in [1.82, 2.24) is 0 Å². The molecule has 1 aromatic carbocycles. The largest absolute Gasteiger partial charge is 0.326 e. The Balaban J connectivity index is 1.59. The summed E-state index contributed by atoms with van der Waals surface area (Å²) in [6, 6.07) is 9.32. The van der Waals surface area contributed by atoms with Crippen LogP contribution in [0.25, 0.3) is 0 Å². The quantitative estimate of drug-likeness (QED) is 0.804. The molecule has 1 N–H and O–H groups in total. The SMILES string of the molecule is N#Cc1cccc(NC(=O)C23C[C@@H]4C[C@@H](CC(Br)(C4)C2)C3)c1. The van der Waals surface area contributed by atoms with Crippen LogP contribution in [0.5, 0.6) is 0 Å². The summed E-state index contributed by atoms with van der Waals surface area (Å²) < 4.78 is 0.183. The minimum Gasteiger partial charge on any atom is -0.326 e. The first-order valence-corrected chi connectivity index (χ1v) is 8.80. The molecule has 5 rings (SSSR count). The zero-order valence-corrected chi connectivity index (χ0v) is 14.0. The summed E-state index contributed by atoms with van der Waals surface area (Å²) in [7, 11) is 0. The van der Waals surface area contributed by atoms with Crippen LogP contribution in [-0.2, 0) is 4.79 Å². The highest BCUT2D eigenvalue weighted by atomic mass is 79.9. The second kappa shape index (κ2) is 4.83. The number of halogens is 1. The maximum Gasteiger partial charge on any atom is 0.230 e. The number of carbonyl (C=O) groups is 1. The second-order valence-electron chi connectivity index (χ2n) is 7.54. The fourth-order valence-electron chi connectivity index (χ4n) is 5.35. The molecule has 4 heteroatoms. The number of hydrogen-bond donors (Lipinski definition) is 1. The van der Waals surface area contributed by atoms with E-state index in [1.54, 1.807) is 12.1 Å². The molecule has 0 aliphatic heterocycles. The van der Waals surface area contributed by atoms with Gasteiger partial charge in [-0.3, -0.25) is 4.79 Å². The van der Waals surface area contributed by atoms with Gasteiger partial charge in [0.05, 0.1) is 17.0 Å². The van der Waals surface area contributed by atoms with E-state index in [1.165, 1.54) is 19.3 Å². The minimum atomic E-state index is -0.212. The van der Waals surface area contributed by atoms with Crippen molar-refractivity contribution in [2.45, 2.75) is 42.8 Å². The number of nitrogens with one attached hydrogen (secondary N) is 1. The van der Waals surface area contributed by atoms with Crippen LogP contribution in [-0.4, -0.2) is 10.2 Å². The fourth-order valence-corrected chi connectivity index (χ4v) is 6.80. The van der Waals surface area contributed by atoms with Crippen LogP contribution in [0.1, 0.15) is 44.1 Å². The molecule has 22 heavy (non-hydrogen) atoms. The van der Waals surface area contributed by atoms with E-state index in [0.29, 0.717) is 17.4 Å². The lowest BCUT2D eigenvalue weighted by Gasteiger charge is -2.59. The molecule has 114 valence electrons. The van der Waals surface area contributed by atoms with Crippen molar-refractivity contribution in [2.24, 2.45) is 17.3 Å². The van der Waals surface area contributed by atoms with Crippen LogP contribution in [0, 0.1) is 28.6 Å². The maximum atomic E-state index is 13.0. The Morgan fingerprint density at radius 1 is 1.27 bits per heavy atom. The summed E-state index contributed by atoms with van der Waals surface area (Å²) >= 11 is 3.95. The van der Waals surface area contributed by atoms with E-state index in [2.05, 4.69) is 27.3 Å². The summed E-state index contributed by atoms with van der Waals surface area (Å²) in [6.07, 6.45) is 6.76. The Morgan fingerprint density at radius 2 is 2.00 bits per heavy atom. The number of carbonyl (C=O) groups excluding carboxylic acids is 1. The Morgan fingerprint density at radius 3 is 2.64 bits per heavy atom. The molecule has 1 amide bonds. The molecule has 2 unspecified atom stereocenters. The Labute approximate surface area is 139 Å². The van der Waals surface area contributed by atoms with Gasteiger partial charge in [0, 0.05) is 10.0 Å². The molecule has 4 saturated carbocycles. The third-order valence-corrected chi connectivity index (χ3v) is 6.65. The van der Waals surface area contributed by atoms with Crippen LogP contribution in [0.15, 0.2) is 24.3 Å². The molecule has 0 radical (unpaired) electrons. The lowest BCUT2D eigenvalue weighted by molar-refractivity contribution is -0.138. The first kappa shape index (κ1) is 14.3. The molecule has 4 bridgehead atoms. The molecule has 0 heterocycles. The molecule has 0 aromatic heterocycles. The number of amides is 1. The smallest absolute Gasteiger partial charge is 0.230 e. The third-order valence-electron chi connectivity index (χ3n) is 5.72. The number of benzene rings is 1. The normalized spacial score (nSPS) is 38.5. The van der Waals surface area contributed by atoms with Gasteiger partial charge in [0.1, 0.15) is 0 Å². The average molecular weight is 359 g/mol. The third kappa shape index (κ3) is 2.27. The average Bonchev–Trinajstić information content (AvgIpc) is 2.45. The highest BCUT2D eigenvalue weighted by molar-refractivity contribution is 9.10. The summed E-state index contributed by atoms with van der Waals surface area (Å²) in [5, 5.41) is 12.1. The van der Waals surface area contributed by atoms with Gasteiger partial charge in [-0.25, -0.2) is 0 Å². The van der Waals surface area contributed by atoms with E-state index >= 15 is 0 Å². The van der Waals surface area contributed by atoms with E-state index in [-0.39, 0.29) is 15.6 Å². The van der Waals surface area contributed by atoms with Crippen LogP contribution in [0.3, 0.4) is 0 Å². The van der Waals surface area contributed by atoms with Crippen molar-refractivity contribution < 1.29 is 4.79 Å². The molecule has 4 aliphatic rings. The summed E-state index contributed by atoms with van der Waals surface area (Å²) in [6.45, 7) is 0. The number of rotatable bonds is 2. The summed E-state index contributed by atoms with van der Waals surface area (Å²) in [4.78, 5) is 13.0. The maximum absolute atomic E-state index is 13.0. The van der Waals surface area contributed by atoms with Crippen LogP contribution >= 0.6 is 15.9 Å². The number of nitrogens with zero attached hydrogens (tertiary/aromatic N) is 1. The van der Waals surface area contributed by atoms with E-state index < -0.39 is 0 Å². The highest BCUT2D eigenvalue weighted by Gasteiger charge is 2.59. The Kier molecular flexibility index (Phi) is 3.13. The van der Waals surface area contributed by atoms with E-state index in [1.807, 2.05) is 12.1 Å². The van der Waals surface area contributed by atoms with Gasteiger partial charge in [0.25, 0.3) is 0 Å². The zero-order chi connectivity index (χ0) is 15.4. The van der Waals surface area contributed by atoms with Gasteiger partial charge >= 0.3 is 0 Å². The van der Waals surface area contributed by atoms with Crippen molar-refractivity contribution in [3.63, 3.8) is 0 Å². The number of nitriles is 1. The van der Waals surface area contributed by atoms with Gasteiger partial charge in [-0.1, -0.05) is 22.0 Å². The zero-order valence-electron chi connectivity index (χ0n) is 12.4. The van der Waals surface area contributed by atoms with Crippen molar-refractivity contribution in [3.8, 4) is 6.07 Å². The predicted octanol–water partition coefficient (Wildman–Crippen LogP) is 4.23. The van der Waals surface area contributed by atoms with Crippen molar-refractivity contribution in [1.29, 1.82) is 5.26 Å². The highest BCUT2D eigenvalue weighted by Crippen LogP contribution is 2.64. The molecule has 3 nitrogen and oxygen atoms in total. The number of anilines is 1. The lowest BCUT2D eigenvalue weighted by atomic mass is 9.49.